The molecule has 1 rings (SSSR count). The van der Waals surface area contributed by atoms with Crippen molar-refractivity contribution in [3.8, 4) is 0 Å². The molecule has 92 valence electrons. The average Bonchev–Trinajstić information content (AvgIpc) is 2.29. The fraction of sp³-hybridized carbons (Fsp3) is 0.455. The van der Waals surface area contributed by atoms with Gasteiger partial charge in [0.05, 0.1) is 12.0 Å². The van der Waals surface area contributed by atoms with Crippen LogP contribution in [0.3, 0.4) is 0 Å². The van der Waals surface area contributed by atoms with E-state index in [0.717, 1.165) is 6.42 Å². The molecule has 6 heteroatoms. The lowest BCUT2D eigenvalue weighted by atomic mass is 10.1. The van der Waals surface area contributed by atoms with Gasteiger partial charge in [-0.3, -0.25) is 9.59 Å². The standard InChI is InChI=1S/C11H15N3O3/c1-2-3-9(4-10(15)16)14-11(17)8-5-12-7-13-6-8/h5-7,9H,2-4H2,1H3,(H,14,17)(H,15,16). The maximum atomic E-state index is 11.7. The zero-order valence-electron chi connectivity index (χ0n) is 9.59. The fourth-order valence-corrected chi connectivity index (χ4v) is 1.47. The van der Waals surface area contributed by atoms with Crippen molar-refractivity contribution in [2.45, 2.75) is 32.2 Å². The third kappa shape index (κ3) is 4.58. The molecule has 0 saturated carbocycles. The van der Waals surface area contributed by atoms with Gasteiger partial charge in [-0.2, -0.15) is 0 Å². The van der Waals surface area contributed by atoms with Crippen LogP contribution in [0.1, 0.15) is 36.5 Å². The highest BCUT2D eigenvalue weighted by Gasteiger charge is 2.16. The molecule has 0 aliphatic carbocycles. The summed E-state index contributed by atoms with van der Waals surface area (Å²) < 4.78 is 0. The Hall–Kier alpha value is -1.98. The normalized spacial score (nSPS) is 11.8. The van der Waals surface area contributed by atoms with Crippen molar-refractivity contribution < 1.29 is 14.7 Å². The van der Waals surface area contributed by atoms with Crippen LogP contribution in [0.15, 0.2) is 18.7 Å². The van der Waals surface area contributed by atoms with Gasteiger partial charge >= 0.3 is 5.97 Å². The van der Waals surface area contributed by atoms with E-state index in [9.17, 15) is 9.59 Å². The minimum absolute atomic E-state index is 0.0761. The molecule has 17 heavy (non-hydrogen) atoms. The van der Waals surface area contributed by atoms with Gasteiger partial charge in [0, 0.05) is 18.4 Å². The minimum Gasteiger partial charge on any atom is -0.481 e. The van der Waals surface area contributed by atoms with E-state index < -0.39 is 5.97 Å². The molecule has 1 aromatic rings. The maximum Gasteiger partial charge on any atom is 0.305 e. The highest BCUT2D eigenvalue weighted by molar-refractivity contribution is 5.93. The van der Waals surface area contributed by atoms with Crippen LogP contribution in [0.5, 0.6) is 0 Å². The SMILES string of the molecule is CCCC(CC(=O)O)NC(=O)c1cncnc1. The number of aliphatic carboxylic acids is 1. The van der Waals surface area contributed by atoms with E-state index in [1.807, 2.05) is 6.92 Å². The zero-order valence-corrected chi connectivity index (χ0v) is 9.59. The second-order valence-corrected chi connectivity index (χ2v) is 3.68. The first kappa shape index (κ1) is 13.1. The van der Waals surface area contributed by atoms with Gasteiger partial charge in [-0.05, 0) is 6.42 Å². The molecule has 1 atom stereocenters. The number of nitrogens with one attached hydrogen (secondary N) is 1. The Bertz CT molecular complexity index is 381. The number of hydrogen-bond acceptors (Lipinski definition) is 4. The monoisotopic (exact) mass is 237 g/mol. The molecular weight excluding hydrogens is 222 g/mol. The van der Waals surface area contributed by atoms with Crippen LogP contribution in [0.2, 0.25) is 0 Å². The third-order valence-electron chi connectivity index (χ3n) is 2.22. The smallest absolute Gasteiger partial charge is 0.305 e. The van der Waals surface area contributed by atoms with Crippen molar-refractivity contribution in [1.29, 1.82) is 0 Å². The summed E-state index contributed by atoms with van der Waals surface area (Å²) in [7, 11) is 0. The predicted molar refractivity (Wildman–Crippen MR) is 60.4 cm³/mol. The summed E-state index contributed by atoms with van der Waals surface area (Å²) in [5.41, 5.74) is 0.332. The summed E-state index contributed by atoms with van der Waals surface area (Å²) in [6.07, 6.45) is 5.48. The van der Waals surface area contributed by atoms with E-state index in [-0.39, 0.29) is 18.4 Å². The Morgan fingerprint density at radius 3 is 2.59 bits per heavy atom. The second-order valence-electron chi connectivity index (χ2n) is 3.68. The van der Waals surface area contributed by atoms with Crippen LogP contribution in [0.25, 0.3) is 0 Å². The van der Waals surface area contributed by atoms with Crippen LogP contribution in [0, 0.1) is 0 Å². The average molecular weight is 237 g/mol. The molecule has 6 nitrogen and oxygen atoms in total. The van der Waals surface area contributed by atoms with E-state index in [1.54, 1.807) is 0 Å². The van der Waals surface area contributed by atoms with Gasteiger partial charge in [0.2, 0.25) is 0 Å². The Kier molecular flexibility index (Phi) is 5.06. The van der Waals surface area contributed by atoms with E-state index in [2.05, 4.69) is 15.3 Å². The topological polar surface area (TPSA) is 92.2 Å². The molecule has 1 amide bonds. The highest BCUT2D eigenvalue weighted by Crippen LogP contribution is 2.04. The lowest BCUT2D eigenvalue weighted by molar-refractivity contribution is -0.137. The molecule has 0 saturated heterocycles. The second kappa shape index (κ2) is 6.57. The van der Waals surface area contributed by atoms with Gasteiger partial charge < -0.3 is 10.4 Å². The van der Waals surface area contributed by atoms with E-state index in [4.69, 9.17) is 5.11 Å². The molecular formula is C11H15N3O3. The van der Waals surface area contributed by atoms with Gasteiger partial charge in [-0.15, -0.1) is 0 Å². The number of hydrogen-bond donors (Lipinski definition) is 2. The molecule has 1 heterocycles. The Balaban J connectivity index is 2.60. The maximum absolute atomic E-state index is 11.7. The molecule has 0 aromatic carbocycles. The number of amides is 1. The number of aromatic nitrogens is 2. The summed E-state index contributed by atoms with van der Waals surface area (Å²) in [5.74, 6) is -1.27. The molecule has 0 spiro atoms. The van der Waals surface area contributed by atoms with Gasteiger partial charge in [0.25, 0.3) is 5.91 Å². The van der Waals surface area contributed by atoms with Crippen LogP contribution in [0.4, 0.5) is 0 Å². The minimum atomic E-state index is -0.923. The first-order valence-electron chi connectivity index (χ1n) is 5.41. The van der Waals surface area contributed by atoms with Crippen molar-refractivity contribution in [3.63, 3.8) is 0 Å². The number of carbonyl (C=O) groups excluding carboxylic acids is 1. The van der Waals surface area contributed by atoms with Gasteiger partial charge in [0.1, 0.15) is 6.33 Å². The molecule has 0 bridgehead atoms. The van der Waals surface area contributed by atoms with Crippen molar-refractivity contribution in [3.05, 3.63) is 24.3 Å². The van der Waals surface area contributed by atoms with Crippen LogP contribution < -0.4 is 5.32 Å². The molecule has 0 aliphatic heterocycles. The Morgan fingerprint density at radius 2 is 2.06 bits per heavy atom. The fourth-order valence-electron chi connectivity index (χ4n) is 1.47. The van der Waals surface area contributed by atoms with E-state index >= 15 is 0 Å². The summed E-state index contributed by atoms with van der Waals surface area (Å²) in [5, 5.41) is 11.4. The summed E-state index contributed by atoms with van der Waals surface area (Å²) in [6, 6.07) is -0.356. The van der Waals surface area contributed by atoms with E-state index in [0.29, 0.717) is 12.0 Å². The number of carboxylic acids is 1. The Labute approximate surface area is 99.1 Å². The number of nitrogens with zero attached hydrogens (tertiary/aromatic N) is 2. The molecule has 1 aromatic heterocycles. The van der Waals surface area contributed by atoms with Gasteiger partial charge in [-0.1, -0.05) is 13.3 Å². The number of carboxylic acid groups (broad SMARTS) is 1. The summed E-state index contributed by atoms with van der Waals surface area (Å²) in [6.45, 7) is 1.94. The van der Waals surface area contributed by atoms with Crippen molar-refractivity contribution in [1.82, 2.24) is 15.3 Å². The quantitative estimate of drug-likeness (QED) is 0.765. The van der Waals surface area contributed by atoms with Crippen molar-refractivity contribution >= 4 is 11.9 Å². The van der Waals surface area contributed by atoms with Crippen molar-refractivity contribution in [2.75, 3.05) is 0 Å². The molecule has 0 fully saturated rings. The third-order valence-corrected chi connectivity index (χ3v) is 2.22. The largest absolute Gasteiger partial charge is 0.481 e. The highest BCUT2D eigenvalue weighted by atomic mass is 16.4. The van der Waals surface area contributed by atoms with Gasteiger partial charge in [0.15, 0.2) is 0 Å². The van der Waals surface area contributed by atoms with Gasteiger partial charge in [-0.25, -0.2) is 9.97 Å². The molecule has 2 N–H and O–H groups in total. The number of rotatable bonds is 6. The van der Waals surface area contributed by atoms with Crippen molar-refractivity contribution in [2.24, 2.45) is 0 Å². The Morgan fingerprint density at radius 1 is 1.41 bits per heavy atom. The van der Waals surface area contributed by atoms with Crippen LogP contribution in [-0.2, 0) is 4.79 Å². The number of carbonyl (C=O) groups is 2. The lowest BCUT2D eigenvalue weighted by Gasteiger charge is -2.15. The zero-order chi connectivity index (χ0) is 12.7. The molecule has 1 unspecified atom stereocenters. The summed E-state index contributed by atoms with van der Waals surface area (Å²) >= 11 is 0. The predicted octanol–water partition coefficient (Wildman–Crippen LogP) is 0.850. The first-order valence-corrected chi connectivity index (χ1v) is 5.41. The molecule has 0 aliphatic rings. The van der Waals surface area contributed by atoms with Crippen LogP contribution >= 0.6 is 0 Å². The van der Waals surface area contributed by atoms with E-state index in [1.165, 1.54) is 18.7 Å². The summed E-state index contributed by atoms with van der Waals surface area (Å²) in [4.78, 5) is 29.8. The lowest BCUT2D eigenvalue weighted by Crippen LogP contribution is -2.36. The first-order chi connectivity index (χ1) is 8.13. The molecule has 0 radical (unpaired) electrons. The van der Waals surface area contributed by atoms with Crippen LogP contribution in [-0.4, -0.2) is 33.0 Å².